The van der Waals surface area contributed by atoms with Crippen molar-refractivity contribution in [3.05, 3.63) is 0 Å². The topological polar surface area (TPSA) is 20.2 Å². The molecule has 2 saturated heterocycles. The second-order valence-electron chi connectivity index (χ2n) is 3.46. The van der Waals surface area contributed by atoms with E-state index in [1.54, 1.807) is 0 Å². The Kier molecular flexibility index (Phi) is 1.16. The smallest absolute Gasteiger partial charge is 0.0755 e. The first-order chi connectivity index (χ1) is 4.68. The second kappa shape index (κ2) is 1.69. The van der Waals surface area contributed by atoms with Crippen molar-refractivity contribution in [2.45, 2.75) is 23.8 Å². The Bertz CT molecular complexity index is 161. The number of hydrogen-bond acceptors (Lipinski definition) is 1. The van der Waals surface area contributed by atoms with Crippen molar-refractivity contribution in [3.8, 4) is 0 Å². The minimum atomic E-state index is -0.350. The predicted octanol–water partition coefficient (Wildman–Crippen LogP) is -0.705. The molecule has 0 spiro atoms. The molecule has 0 aliphatic carbocycles. The Morgan fingerprint density at radius 1 is 1.70 bits per heavy atom. The fraction of sp³-hybridized carbons (Fsp3) is 1.00. The summed E-state index contributed by atoms with van der Waals surface area (Å²) in [5.74, 6) is 0. The van der Waals surface area contributed by atoms with Gasteiger partial charge < -0.3 is 5.11 Å². The molecule has 2 aliphatic rings. The first kappa shape index (κ1) is 6.90. The lowest BCUT2D eigenvalue weighted by Gasteiger charge is -2.32. The van der Waals surface area contributed by atoms with Crippen molar-refractivity contribution in [3.63, 3.8) is 0 Å². The Labute approximate surface area is 64.9 Å². The van der Waals surface area contributed by atoms with E-state index in [2.05, 4.69) is 14.3 Å². The molecule has 46 valence electrons. The third-order valence-corrected chi connectivity index (χ3v) is 3.02. The molecule has 0 bridgehead atoms. The molecule has 5 heteroatoms. The summed E-state index contributed by atoms with van der Waals surface area (Å²) in [4.78, 5) is 0. The van der Waals surface area contributed by atoms with Gasteiger partial charge in [-0.1, -0.05) is 18.7 Å². The maximum atomic E-state index is 9.02. The van der Waals surface area contributed by atoms with Gasteiger partial charge in [-0.15, -0.1) is 5.11 Å². The minimum absolute atomic E-state index is 0.104. The van der Waals surface area contributed by atoms with E-state index in [4.69, 9.17) is 13.0 Å². The molecule has 0 saturated carbocycles. The van der Waals surface area contributed by atoms with Crippen molar-refractivity contribution in [2.75, 3.05) is 6.61 Å². The Balaban J connectivity index is 2.11. The largest absolute Gasteiger partial charge is 0.397 e. The summed E-state index contributed by atoms with van der Waals surface area (Å²) >= 11 is 0. The second-order valence-corrected chi connectivity index (χ2v) is 3.46. The Hall–Kier alpha value is 0.220. The van der Waals surface area contributed by atoms with Crippen molar-refractivity contribution in [1.29, 1.82) is 0 Å². The zero-order valence-electron chi connectivity index (χ0n) is 6.17. The maximum Gasteiger partial charge on any atom is 0.0755 e. The average molecular weight is 127 g/mol. The van der Waals surface area contributed by atoms with E-state index in [0.29, 0.717) is 6.49 Å². The molecule has 1 nitrogen and oxygen atoms in total. The maximum absolute atomic E-state index is 9.02. The van der Waals surface area contributed by atoms with Crippen LogP contribution in [0, 0.1) is 0 Å². The van der Waals surface area contributed by atoms with Crippen LogP contribution in [0.3, 0.4) is 0 Å². The van der Waals surface area contributed by atoms with Crippen LogP contribution >= 0.6 is 0 Å². The average Bonchev–Trinajstić information content (AvgIpc) is 2.70. The molecule has 4 radical (unpaired) electrons. The van der Waals surface area contributed by atoms with Crippen LogP contribution in [0.5, 0.6) is 0 Å². The highest BCUT2D eigenvalue weighted by Crippen LogP contribution is 2.72. The van der Waals surface area contributed by atoms with Crippen LogP contribution in [0.1, 0.15) is 13.3 Å². The first-order valence-corrected chi connectivity index (χ1v) is 3.80. The third kappa shape index (κ3) is 0.578. The zero-order chi connectivity index (χ0) is 7.41. The van der Waals surface area contributed by atoms with E-state index in [1.165, 1.54) is 0 Å². The summed E-state index contributed by atoms with van der Waals surface area (Å²) in [5, 5.41) is 8.82. The van der Waals surface area contributed by atoms with E-state index in [9.17, 15) is 0 Å². The van der Waals surface area contributed by atoms with Gasteiger partial charge in [0.05, 0.1) is 28.7 Å². The van der Waals surface area contributed by atoms with Crippen LogP contribution in [-0.4, -0.2) is 40.4 Å². The number of rotatable bonds is 3. The van der Waals surface area contributed by atoms with Crippen LogP contribution in [0.25, 0.3) is 0 Å². The van der Waals surface area contributed by atoms with Crippen molar-refractivity contribution in [1.82, 2.24) is 0 Å². The van der Waals surface area contributed by atoms with Crippen molar-refractivity contribution < 1.29 is 5.11 Å². The van der Waals surface area contributed by atoms with E-state index < -0.39 is 0 Å². The Morgan fingerprint density at radius 3 is 2.30 bits per heavy atom. The minimum Gasteiger partial charge on any atom is -0.397 e. The van der Waals surface area contributed by atoms with Crippen molar-refractivity contribution in [2.24, 2.45) is 0 Å². The van der Waals surface area contributed by atoms with Crippen LogP contribution in [-0.2, 0) is 0 Å². The summed E-state index contributed by atoms with van der Waals surface area (Å²) in [5.41, 5.74) is 0. The summed E-state index contributed by atoms with van der Waals surface area (Å²) in [7, 11) is 10.4. The molecule has 2 rings (SSSR count). The quantitative estimate of drug-likeness (QED) is 0.497. The van der Waals surface area contributed by atoms with E-state index >= 15 is 0 Å². The molecule has 0 aromatic rings. The molecule has 10 heavy (non-hydrogen) atoms. The number of fused-ring (bicyclic) bond motifs is 1. The van der Waals surface area contributed by atoms with Crippen LogP contribution in [0.4, 0.5) is 0 Å². The van der Waals surface area contributed by atoms with Gasteiger partial charge in [0.2, 0.25) is 0 Å². The van der Waals surface area contributed by atoms with Gasteiger partial charge in [0.25, 0.3) is 0 Å². The van der Waals surface area contributed by atoms with E-state index in [0.717, 1.165) is 6.42 Å². The Morgan fingerprint density at radius 2 is 2.20 bits per heavy atom. The van der Waals surface area contributed by atoms with Gasteiger partial charge in [0.15, 0.2) is 0 Å². The lowest BCUT2D eigenvalue weighted by molar-refractivity contribution is 0.237. The first-order valence-electron chi connectivity index (χ1n) is 3.80. The lowest BCUT2D eigenvalue weighted by atomic mass is 9.30. The monoisotopic (exact) mass is 128 g/mol. The molecule has 1 N–H and O–H groups in total. The fourth-order valence-electron chi connectivity index (χ4n) is 1.70. The number of aliphatic hydroxyl groups is 1. The zero-order valence-corrected chi connectivity index (χ0v) is 6.17. The molecule has 0 aromatic carbocycles. The summed E-state index contributed by atoms with van der Waals surface area (Å²) in [6.45, 7) is 2.76. The van der Waals surface area contributed by atoms with Gasteiger partial charge in [0, 0.05) is 6.61 Å². The van der Waals surface area contributed by atoms with Gasteiger partial charge in [-0.3, -0.25) is 0 Å². The summed E-state index contributed by atoms with van der Waals surface area (Å²) < 4.78 is 0. The van der Waals surface area contributed by atoms with Gasteiger partial charge in [-0.25, -0.2) is 0 Å². The molecule has 2 heterocycles. The fourth-order valence-corrected chi connectivity index (χ4v) is 1.70. The highest BCUT2D eigenvalue weighted by molar-refractivity contribution is 7.77. The van der Waals surface area contributed by atoms with Crippen LogP contribution in [0.15, 0.2) is 0 Å². The molecule has 2 aliphatic heterocycles. The summed E-state index contributed by atoms with van der Waals surface area (Å²) in [6, 6.07) is 0. The normalized spacial score (nSPS) is 29.2. The summed E-state index contributed by atoms with van der Waals surface area (Å²) in [6.07, 6.45) is 0.854. The van der Waals surface area contributed by atoms with E-state index in [1.807, 2.05) is 6.92 Å². The molecular formula is C5H8B4O. The molecule has 0 aromatic heterocycles. The lowest BCUT2D eigenvalue weighted by Crippen LogP contribution is -2.23. The standard InChI is InChI=1S/C5H8B4O/c1-2-4(6,3-10)5-7-9(5)8-5/h10H,2-3H2,1H3. The molecular weight excluding hydrogens is 119 g/mol. The SMILES string of the molecule is [B]C(CC)(CO)C12[B]B1[B]2. The van der Waals surface area contributed by atoms with E-state index in [-0.39, 0.29) is 17.0 Å². The van der Waals surface area contributed by atoms with Gasteiger partial charge in [0.1, 0.15) is 0 Å². The highest BCUT2D eigenvalue weighted by Gasteiger charge is 2.76. The molecule has 1 atom stereocenters. The highest BCUT2D eigenvalue weighted by atomic mass is 16.3. The van der Waals surface area contributed by atoms with Gasteiger partial charge in [-0.2, -0.15) is 0 Å². The van der Waals surface area contributed by atoms with Crippen molar-refractivity contribution >= 4 is 28.7 Å². The van der Waals surface area contributed by atoms with Gasteiger partial charge in [-0.05, 0) is 0 Å². The number of aliphatic hydroxyl groups excluding tert-OH is 1. The number of hydrogen-bond donors (Lipinski definition) is 1. The molecule has 1 unspecified atom stereocenters. The van der Waals surface area contributed by atoms with Crippen LogP contribution < -0.4 is 0 Å². The third-order valence-electron chi connectivity index (χ3n) is 3.02. The van der Waals surface area contributed by atoms with Crippen LogP contribution in [0.2, 0.25) is 10.4 Å². The molecule has 2 fully saturated rings. The van der Waals surface area contributed by atoms with Gasteiger partial charge >= 0.3 is 0 Å². The molecule has 0 amide bonds. The predicted molar refractivity (Wildman–Crippen MR) is 45.8 cm³/mol.